The van der Waals surface area contributed by atoms with Crippen LogP contribution in [-0.4, -0.2) is 48.5 Å². The summed E-state index contributed by atoms with van der Waals surface area (Å²) in [4.78, 5) is 46.4. The number of benzene rings is 2. The lowest BCUT2D eigenvalue weighted by molar-refractivity contribution is -0.135. The lowest BCUT2D eigenvalue weighted by Gasteiger charge is -2.21. The zero-order valence-corrected chi connectivity index (χ0v) is 24.6. The number of ether oxygens (including phenoxy) is 3. The molecule has 2 aromatic carbocycles. The van der Waals surface area contributed by atoms with Crippen molar-refractivity contribution in [3.63, 3.8) is 0 Å². The van der Waals surface area contributed by atoms with E-state index in [1.165, 1.54) is 30.1 Å². The van der Waals surface area contributed by atoms with Crippen LogP contribution in [0, 0.1) is 5.92 Å². The zero-order valence-electron chi connectivity index (χ0n) is 23.8. The molecular weight excluding hydrogens is 574 g/mol. The second kappa shape index (κ2) is 14.9. The van der Waals surface area contributed by atoms with E-state index in [0.717, 1.165) is 5.56 Å². The number of carbonyl (C=O) groups excluding carboxylic acids is 2. The fraction of sp³-hybridized carbons (Fsp3) is 0.258. The molecule has 12 heteroatoms. The molecule has 224 valence electrons. The number of halogens is 1. The Morgan fingerprint density at radius 1 is 1.16 bits per heavy atom. The first-order valence-electron chi connectivity index (χ1n) is 13.5. The summed E-state index contributed by atoms with van der Waals surface area (Å²) in [5.41, 5.74) is 1.33. The second-order valence-electron chi connectivity index (χ2n) is 9.65. The van der Waals surface area contributed by atoms with E-state index in [4.69, 9.17) is 25.8 Å². The third kappa shape index (κ3) is 8.63. The molecule has 0 saturated carbocycles. The molecule has 0 spiro atoms. The molecule has 43 heavy (non-hydrogen) atoms. The van der Waals surface area contributed by atoms with Crippen LogP contribution in [0.3, 0.4) is 0 Å². The van der Waals surface area contributed by atoms with Gasteiger partial charge in [0.15, 0.2) is 0 Å². The number of amides is 1. The molecule has 0 radical (unpaired) electrons. The van der Waals surface area contributed by atoms with Gasteiger partial charge in [0.05, 0.1) is 25.4 Å². The molecule has 0 atom stereocenters. The summed E-state index contributed by atoms with van der Waals surface area (Å²) >= 11 is 6.05. The van der Waals surface area contributed by atoms with Gasteiger partial charge in [-0.1, -0.05) is 23.7 Å². The van der Waals surface area contributed by atoms with E-state index in [0.29, 0.717) is 48.3 Å². The quantitative estimate of drug-likeness (QED) is 0.101. The Morgan fingerprint density at radius 2 is 1.86 bits per heavy atom. The monoisotopic (exact) mass is 605 g/mol. The van der Waals surface area contributed by atoms with Crippen LogP contribution in [0.2, 0.25) is 5.02 Å². The maximum Gasteiger partial charge on any atom is 0.339 e. The molecule has 0 aliphatic carbocycles. The second-order valence-corrected chi connectivity index (χ2v) is 10.1. The van der Waals surface area contributed by atoms with Gasteiger partial charge in [0.25, 0.3) is 5.56 Å². The van der Waals surface area contributed by atoms with Crippen molar-refractivity contribution >= 4 is 47.5 Å². The molecule has 3 aromatic rings. The fourth-order valence-electron chi connectivity index (χ4n) is 4.33. The molecule has 2 N–H and O–H groups in total. The predicted molar refractivity (Wildman–Crippen MR) is 165 cm³/mol. The van der Waals surface area contributed by atoms with Gasteiger partial charge in [-0.25, -0.2) is 9.78 Å². The number of nitrogens with one attached hydrogen (secondary N) is 2. The molecule has 0 unspecified atom stereocenters. The van der Waals surface area contributed by atoms with E-state index in [1.807, 2.05) is 12.1 Å². The minimum atomic E-state index is -0.568. The smallest absolute Gasteiger partial charge is 0.339 e. The summed E-state index contributed by atoms with van der Waals surface area (Å²) in [7, 11) is 1.27. The number of aromatic nitrogens is 2. The van der Waals surface area contributed by atoms with Crippen molar-refractivity contribution in [1.29, 1.82) is 0 Å². The van der Waals surface area contributed by atoms with E-state index in [-0.39, 0.29) is 35.6 Å². The number of methoxy groups -OCH3 is 1. The number of carbonyl (C=O) groups is 2. The molecule has 1 fully saturated rings. The number of esters is 1. The minimum Gasteiger partial charge on any atom is -0.465 e. The number of allylic oxidation sites excluding steroid dienone is 1. The van der Waals surface area contributed by atoms with Gasteiger partial charge in [0, 0.05) is 36.0 Å². The largest absolute Gasteiger partial charge is 0.465 e. The van der Waals surface area contributed by atoms with E-state index < -0.39 is 11.5 Å². The normalized spacial score (nSPS) is 14.1. The number of aliphatic imine (C=N–C) groups is 1. The van der Waals surface area contributed by atoms with Gasteiger partial charge in [-0.2, -0.15) is 0 Å². The van der Waals surface area contributed by atoms with Crippen molar-refractivity contribution in [3.05, 3.63) is 99.3 Å². The molecule has 4 rings (SSSR count). The number of hydrogen-bond donors (Lipinski definition) is 2. The van der Waals surface area contributed by atoms with Crippen molar-refractivity contribution in [2.75, 3.05) is 31.0 Å². The van der Waals surface area contributed by atoms with Crippen LogP contribution < -0.4 is 20.9 Å². The average Bonchev–Trinajstić information content (AvgIpc) is 3.02. The van der Waals surface area contributed by atoms with Crippen LogP contribution in [0.4, 0.5) is 17.3 Å². The zero-order chi connectivity index (χ0) is 30.8. The number of anilines is 3. The molecule has 1 aromatic heterocycles. The summed E-state index contributed by atoms with van der Waals surface area (Å²) < 4.78 is 17.4. The third-order valence-corrected chi connectivity index (χ3v) is 6.80. The summed E-state index contributed by atoms with van der Waals surface area (Å²) in [6, 6.07) is 14.1. The molecule has 0 bridgehead atoms. The minimum absolute atomic E-state index is 0.0917. The highest BCUT2D eigenvalue weighted by Crippen LogP contribution is 2.22. The van der Waals surface area contributed by atoms with Crippen molar-refractivity contribution < 1.29 is 23.8 Å². The predicted octanol–water partition coefficient (Wildman–Crippen LogP) is 5.09. The number of hydrogen-bond acceptors (Lipinski definition) is 9. The highest BCUT2D eigenvalue weighted by atomic mass is 35.5. The Hall–Kier alpha value is -4.74. The molecule has 1 aliphatic rings. The Labute approximate surface area is 253 Å². The topological polar surface area (TPSA) is 133 Å². The van der Waals surface area contributed by atoms with Crippen molar-refractivity contribution in [1.82, 2.24) is 9.55 Å². The molecule has 1 aliphatic heterocycles. The van der Waals surface area contributed by atoms with Crippen molar-refractivity contribution in [2.45, 2.75) is 26.3 Å². The van der Waals surface area contributed by atoms with Gasteiger partial charge in [-0.05, 0) is 74.5 Å². The van der Waals surface area contributed by atoms with Crippen LogP contribution in [0.1, 0.15) is 25.3 Å². The maximum absolute atomic E-state index is 13.6. The summed E-state index contributed by atoms with van der Waals surface area (Å²) in [5, 5.41) is 6.51. The summed E-state index contributed by atoms with van der Waals surface area (Å²) in [6.45, 7) is 6.26. The van der Waals surface area contributed by atoms with E-state index >= 15 is 0 Å². The Bertz CT molecular complexity index is 1580. The average molecular weight is 606 g/mol. The fourth-order valence-corrected chi connectivity index (χ4v) is 4.45. The number of rotatable bonds is 11. The first-order chi connectivity index (χ1) is 20.8. The Kier molecular flexibility index (Phi) is 10.8. The highest BCUT2D eigenvalue weighted by Gasteiger charge is 2.23. The SMILES string of the molecule is C=N/C=C(\C=C(/C)Oc1ccc(Nc2ncc(NC(=O)C3CCOCC3)c(=O)n2Cc2ccc(Cl)cc2)cc1)C(=O)OC. The molecule has 11 nitrogen and oxygen atoms in total. The first kappa shape index (κ1) is 31.2. The van der Waals surface area contributed by atoms with Gasteiger partial charge in [0.2, 0.25) is 11.9 Å². The van der Waals surface area contributed by atoms with Crippen LogP contribution in [-0.2, 0) is 25.6 Å². The van der Waals surface area contributed by atoms with Gasteiger partial charge >= 0.3 is 5.97 Å². The maximum atomic E-state index is 13.6. The van der Waals surface area contributed by atoms with Crippen LogP contribution in [0.5, 0.6) is 5.75 Å². The van der Waals surface area contributed by atoms with Gasteiger partial charge < -0.3 is 24.8 Å². The van der Waals surface area contributed by atoms with Crippen LogP contribution >= 0.6 is 11.6 Å². The third-order valence-electron chi connectivity index (χ3n) is 6.55. The highest BCUT2D eigenvalue weighted by molar-refractivity contribution is 6.30. The van der Waals surface area contributed by atoms with E-state index in [9.17, 15) is 14.4 Å². The summed E-state index contributed by atoms with van der Waals surface area (Å²) in [5.74, 6) is 0.192. The van der Waals surface area contributed by atoms with E-state index in [1.54, 1.807) is 43.3 Å². The number of nitrogens with zero attached hydrogens (tertiary/aromatic N) is 3. The van der Waals surface area contributed by atoms with Crippen molar-refractivity contribution in [3.8, 4) is 5.75 Å². The molecule has 1 amide bonds. The Balaban J connectivity index is 1.55. The van der Waals surface area contributed by atoms with Crippen LogP contribution in [0.25, 0.3) is 0 Å². The van der Waals surface area contributed by atoms with Crippen LogP contribution in [0.15, 0.2) is 88.1 Å². The Morgan fingerprint density at radius 3 is 2.51 bits per heavy atom. The molecule has 1 saturated heterocycles. The lowest BCUT2D eigenvalue weighted by atomic mass is 9.99. The summed E-state index contributed by atoms with van der Waals surface area (Å²) in [6.07, 6.45) is 5.33. The standard InChI is InChI=1S/C31H32ClN5O6/c1-20(16-23(17-33-2)30(40)41-3)43-26-10-8-25(9-11-26)35-31-34-18-27(36-28(38)22-12-14-42-15-13-22)29(39)37(31)19-21-4-6-24(32)7-5-21/h4-11,16-18,22H,2,12-15,19H2,1,3H3,(H,34,35)(H,36,38)/b20-16+,23-17+. The van der Waals surface area contributed by atoms with E-state index in [2.05, 4.69) is 27.3 Å². The molecular formula is C31H32ClN5O6. The first-order valence-corrected chi connectivity index (χ1v) is 13.9. The molecule has 2 heterocycles. The van der Waals surface area contributed by atoms with Crippen molar-refractivity contribution in [2.24, 2.45) is 10.9 Å². The lowest BCUT2D eigenvalue weighted by Crippen LogP contribution is -2.33. The van der Waals surface area contributed by atoms with Gasteiger partial charge in [-0.15, -0.1) is 0 Å². The van der Waals surface area contributed by atoms with Gasteiger partial charge in [-0.3, -0.25) is 19.1 Å². The van der Waals surface area contributed by atoms with Gasteiger partial charge in [0.1, 0.15) is 17.2 Å².